The summed E-state index contributed by atoms with van der Waals surface area (Å²) in [6.45, 7) is 7.79. The minimum Gasteiger partial charge on any atom is -0.382 e. The third-order valence-corrected chi connectivity index (χ3v) is 5.02. The van der Waals surface area contributed by atoms with Crippen LogP contribution in [0.4, 0.5) is 0 Å². The highest BCUT2D eigenvalue weighted by atomic mass is 16.3. The van der Waals surface area contributed by atoms with Crippen LogP contribution in [-0.4, -0.2) is 16.5 Å². The second-order valence-electron chi connectivity index (χ2n) is 6.09. The Morgan fingerprint density at radius 3 is 2.81 bits per heavy atom. The third kappa shape index (κ3) is 1.64. The van der Waals surface area contributed by atoms with Crippen molar-refractivity contribution in [2.24, 2.45) is 17.3 Å². The largest absolute Gasteiger partial charge is 0.382 e. The molecule has 4 atom stereocenters. The minimum atomic E-state index is -1.06. The number of carbonyl (C=O) groups excluding carboxylic acids is 1. The molecule has 2 aliphatic carbocycles. The first-order valence-corrected chi connectivity index (χ1v) is 6.27. The van der Waals surface area contributed by atoms with E-state index in [1.807, 2.05) is 6.08 Å². The summed E-state index contributed by atoms with van der Waals surface area (Å²) >= 11 is 0. The van der Waals surface area contributed by atoms with Crippen LogP contribution < -0.4 is 0 Å². The molecule has 0 radical (unpaired) electrons. The molecule has 2 nitrogen and oxygen atoms in total. The predicted molar refractivity (Wildman–Crippen MR) is 64.0 cm³/mol. The van der Waals surface area contributed by atoms with Gasteiger partial charge >= 0.3 is 0 Å². The smallest absolute Gasteiger partial charge is 0.164 e. The summed E-state index contributed by atoms with van der Waals surface area (Å²) in [5.74, 6) is 0.664. The second kappa shape index (κ2) is 3.69. The topological polar surface area (TPSA) is 37.3 Å². The predicted octanol–water partition coefficient (Wildman–Crippen LogP) is 2.71. The Hall–Kier alpha value is -0.630. The van der Waals surface area contributed by atoms with Crippen molar-refractivity contribution in [1.29, 1.82) is 0 Å². The first-order valence-electron chi connectivity index (χ1n) is 6.27. The number of hydrogen-bond acceptors (Lipinski definition) is 2. The summed E-state index contributed by atoms with van der Waals surface area (Å²) in [4.78, 5) is 11.9. The summed E-state index contributed by atoms with van der Waals surface area (Å²) < 4.78 is 0. The van der Waals surface area contributed by atoms with Crippen LogP contribution in [0.15, 0.2) is 12.7 Å². The molecule has 2 unspecified atom stereocenters. The van der Waals surface area contributed by atoms with Crippen LogP contribution in [0.1, 0.15) is 46.0 Å². The van der Waals surface area contributed by atoms with E-state index in [-0.39, 0.29) is 17.1 Å². The number of aliphatic hydroxyl groups is 1. The maximum atomic E-state index is 11.9. The monoisotopic (exact) mass is 222 g/mol. The molecule has 2 rings (SSSR count). The zero-order valence-corrected chi connectivity index (χ0v) is 10.3. The van der Waals surface area contributed by atoms with Crippen LogP contribution in [0.25, 0.3) is 0 Å². The SMILES string of the molecule is C=CCC1(C)CC[C@@H]2C[C@H]1CC(=O)C2(C)O. The molecule has 0 spiro atoms. The Morgan fingerprint density at radius 1 is 1.50 bits per heavy atom. The van der Waals surface area contributed by atoms with Crippen molar-refractivity contribution in [3.8, 4) is 0 Å². The lowest BCUT2D eigenvalue weighted by molar-refractivity contribution is -0.157. The molecule has 1 N–H and O–H groups in total. The van der Waals surface area contributed by atoms with E-state index in [1.165, 1.54) is 0 Å². The van der Waals surface area contributed by atoms with Gasteiger partial charge in [-0.2, -0.15) is 0 Å². The quantitative estimate of drug-likeness (QED) is 0.729. The molecule has 2 bridgehead atoms. The molecule has 2 aliphatic rings. The Labute approximate surface area is 97.7 Å². The number of ketones is 1. The van der Waals surface area contributed by atoms with Gasteiger partial charge in [-0.05, 0) is 49.9 Å². The van der Waals surface area contributed by atoms with Crippen molar-refractivity contribution < 1.29 is 9.90 Å². The summed E-state index contributed by atoms with van der Waals surface area (Å²) in [6, 6.07) is 0. The number of Topliss-reactive ketones (excluding diaryl/α,β-unsaturated/α-hetero) is 1. The number of hydrogen-bond donors (Lipinski definition) is 1. The van der Waals surface area contributed by atoms with Crippen LogP contribution in [0, 0.1) is 17.3 Å². The Bertz CT molecular complexity index is 319. The fourth-order valence-corrected chi connectivity index (χ4v) is 3.55. The van der Waals surface area contributed by atoms with Gasteiger partial charge in [-0.25, -0.2) is 0 Å². The summed E-state index contributed by atoms with van der Waals surface area (Å²) in [7, 11) is 0. The van der Waals surface area contributed by atoms with E-state index in [4.69, 9.17) is 0 Å². The van der Waals surface area contributed by atoms with E-state index in [0.29, 0.717) is 12.3 Å². The lowest BCUT2D eigenvalue weighted by atomic mass is 9.54. The fourth-order valence-electron chi connectivity index (χ4n) is 3.55. The molecule has 0 amide bonds. The van der Waals surface area contributed by atoms with E-state index >= 15 is 0 Å². The Morgan fingerprint density at radius 2 is 2.19 bits per heavy atom. The first-order chi connectivity index (χ1) is 7.40. The zero-order chi connectivity index (χ0) is 12.0. The number of fused-ring (bicyclic) bond motifs is 2. The van der Waals surface area contributed by atoms with Crippen molar-refractivity contribution in [2.75, 3.05) is 0 Å². The van der Waals surface area contributed by atoms with Crippen LogP contribution in [0.5, 0.6) is 0 Å². The van der Waals surface area contributed by atoms with Gasteiger partial charge in [0.05, 0.1) is 0 Å². The van der Waals surface area contributed by atoms with Crippen molar-refractivity contribution >= 4 is 5.78 Å². The summed E-state index contributed by atoms with van der Waals surface area (Å²) in [6.07, 6.45) is 6.59. The van der Waals surface area contributed by atoms with Gasteiger partial charge in [-0.1, -0.05) is 13.0 Å². The Balaban J connectivity index is 2.22. The maximum Gasteiger partial charge on any atom is 0.164 e. The van der Waals surface area contributed by atoms with E-state index in [2.05, 4.69) is 13.5 Å². The number of rotatable bonds is 2. The second-order valence-corrected chi connectivity index (χ2v) is 6.09. The lowest BCUT2D eigenvalue weighted by Gasteiger charge is -2.51. The van der Waals surface area contributed by atoms with Crippen LogP contribution in [0.3, 0.4) is 0 Å². The molecule has 2 heteroatoms. The fraction of sp³-hybridized carbons (Fsp3) is 0.786. The van der Waals surface area contributed by atoms with Gasteiger partial charge in [-0.3, -0.25) is 4.79 Å². The molecule has 0 aromatic carbocycles. The lowest BCUT2D eigenvalue weighted by Crippen LogP contribution is -2.54. The van der Waals surface area contributed by atoms with Crippen molar-refractivity contribution in [3.63, 3.8) is 0 Å². The van der Waals surface area contributed by atoms with Gasteiger partial charge < -0.3 is 5.11 Å². The van der Waals surface area contributed by atoms with Gasteiger partial charge in [0.2, 0.25) is 0 Å². The van der Waals surface area contributed by atoms with Gasteiger partial charge in [0, 0.05) is 6.42 Å². The highest BCUT2D eigenvalue weighted by Crippen LogP contribution is 2.53. The molecule has 90 valence electrons. The minimum absolute atomic E-state index is 0.0451. The van der Waals surface area contributed by atoms with Gasteiger partial charge in [-0.15, -0.1) is 6.58 Å². The number of carbonyl (C=O) groups is 1. The molecule has 0 aliphatic heterocycles. The summed E-state index contributed by atoms with van der Waals surface area (Å²) in [5, 5.41) is 10.2. The van der Waals surface area contributed by atoms with E-state index in [0.717, 1.165) is 25.7 Å². The molecule has 16 heavy (non-hydrogen) atoms. The molecule has 0 heterocycles. The highest BCUT2D eigenvalue weighted by Gasteiger charge is 2.52. The van der Waals surface area contributed by atoms with E-state index in [9.17, 15) is 9.90 Å². The van der Waals surface area contributed by atoms with Crippen LogP contribution in [-0.2, 0) is 4.79 Å². The van der Waals surface area contributed by atoms with Gasteiger partial charge in [0.15, 0.2) is 5.78 Å². The standard InChI is InChI=1S/C14H22O2/c1-4-6-13(2)7-5-10-8-11(13)9-12(15)14(10,3)16/h4,10-11,16H,1,5-9H2,2-3H3/t10-,11+,13?,14?/m1/s1. The van der Waals surface area contributed by atoms with Crippen molar-refractivity contribution in [1.82, 2.24) is 0 Å². The normalized spacial score (nSPS) is 47.8. The van der Waals surface area contributed by atoms with Crippen molar-refractivity contribution in [2.45, 2.75) is 51.6 Å². The highest BCUT2D eigenvalue weighted by molar-refractivity contribution is 5.88. The van der Waals surface area contributed by atoms with Crippen LogP contribution >= 0.6 is 0 Å². The molecule has 2 saturated carbocycles. The molecule has 0 aromatic rings. The van der Waals surface area contributed by atoms with Crippen molar-refractivity contribution in [3.05, 3.63) is 12.7 Å². The molecule has 0 aromatic heterocycles. The maximum absolute atomic E-state index is 11.9. The zero-order valence-electron chi connectivity index (χ0n) is 10.3. The van der Waals surface area contributed by atoms with Gasteiger partial charge in [0.1, 0.15) is 5.60 Å². The first kappa shape index (κ1) is 11.8. The third-order valence-electron chi connectivity index (χ3n) is 5.02. The Kier molecular flexibility index (Phi) is 2.73. The molecular formula is C14H22O2. The average Bonchev–Trinajstić information content (AvgIpc) is 2.20. The summed E-state index contributed by atoms with van der Waals surface area (Å²) in [5.41, 5.74) is -0.837. The van der Waals surface area contributed by atoms with E-state index in [1.54, 1.807) is 6.92 Å². The molecule has 0 saturated heterocycles. The van der Waals surface area contributed by atoms with E-state index < -0.39 is 5.60 Å². The molecule has 2 fully saturated rings. The average molecular weight is 222 g/mol. The number of allylic oxidation sites excluding steroid dienone is 1. The van der Waals surface area contributed by atoms with Gasteiger partial charge in [0.25, 0.3) is 0 Å². The molecular weight excluding hydrogens is 200 g/mol. The van der Waals surface area contributed by atoms with Crippen LogP contribution in [0.2, 0.25) is 0 Å².